The Bertz CT molecular complexity index is 545. The summed E-state index contributed by atoms with van der Waals surface area (Å²) in [5.74, 6) is 0.824. The Labute approximate surface area is 136 Å². The lowest BCUT2D eigenvalue weighted by Gasteiger charge is -2.17. The number of benzene rings is 1. The number of fused-ring (bicyclic) bond motifs is 1. The molecule has 2 N–H and O–H groups in total. The van der Waals surface area contributed by atoms with E-state index in [2.05, 4.69) is 10.6 Å². The highest BCUT2D eigenvalue weighted by molar-refractivity contribution is 5.94. The number of carbonyl (C=O) groups excluding carboxylic acids is 2. The van der Waals surface area contributed by atoms with Gasteiger partial charge in [0.25, 0.3) is 0 Å². The van der Waals surface area contributed by atoms with E-state index < -0.39 is 0 Å². The molecule has 0 saturated carbocycles. The summed E-state index contributed by atoms with van der Waals surface area (Å²) in [5.41, 5.74) is 1.94. The molecule has 2 rings (SSSR count). The number of aryl methyl sites for hydroxylation is 1. The van der Waals surface area contributed by atoms with Crippen molar-refractivity contribution in [2.45, 2.75) is 32.6 Å². The van der Waals surface area contributed by atoms with Crippen LogP contribution in [0.4, 0.5) is 5.69 Å². The van der Waals surface area contributed by atoms with Crippen molar-refractivity contribution >= 4 is 17.5 Å². The summed E-state index contributed by atoms with van der Waals surface area (Å²) in [7, 11) is 0. The van der Waals surface area contributed by atoms with E-state index >= 15 is 0 Å². The van der Waals surface area contributed by atoms with Crippen LogP contribution in [0.5, 0.6) is 5.75 Å². The van der Waals surface area contributed by atoms with Crippen LogP contribution < -0.4 is 15.4 Å². The third kappa shape index (κ3) is 5.90. The normalized spacial score (nSPS) is 13.2. The third-order valence-electron chi connectivity index (χ3n) is 3.56. The minimum absolute atomic E-state index is 0.0152. The van der Waals surface area contributed by atoms with Crippen LogP contribution in [-0.4, -0.2) is 38.2 Å². The molecule has 0 aromatic heterocycles. The first-order valence-electron chi connectivity index (χ1n) is 8.09. The number of anilines is 1. The van der Waals surface area contributed by atoms with Gasteiger partial charge in [-0.3, -0.25) is 9.59 Å². The van der Waals surface area contributed by atoms with Crippen molar-refractivity contribution in [1.29, 1.82) is 0 Å². The molecule has 23 heavy (non-hydrogen) atoms. The first kappa shape index (κ1) is 17.3. The van der Waals surface area contributed by atoms with E-state index in [0.717, 1.165) is 29.8 Å². The van der Waals surface area contributed by atoms with Crippen molar-refractivity contribution < 1.29 is 19.1 Å². The molecule has 1 aromatic rings. The fourth-order valence-electron chi connectivity index (χ4n) is 2.38. The van der Waals surface area contributed by atoms with Crippen molar-refractivity contribution in [2.24, 2.45) is 0 Å². The molecule has 0 spiro atoms. The molecule has 1 aliphatic heterocycles. The van der Waals surface area contributed by atoms with Crippen LogP contribution in [0.1, 0.15) is 31.7 Å². The second-order valence-corrected chi connectivity index (χ2v) is 5.37. The molecule has 0 saturated heterocycles. The van der Waals surface area contributed by atoms with Gasteiger partial charge in [0.15, 0.2) is 0 Å². The second kappa shape index (κ2) is 9.15. The fraction of sp³-hybridized carbons (Fsp3) is 0.529. The van der Waals surface area contributed by atoms with Crippen molar-refractivity contribution in [1.82, 2.24) is 5.32 Å². The van der Waals surface area contributed by atoms with E-state index in [-0.39, 0.29) is 11.8 Å². The van der Waals surface area contributed by atoms with Crippen LogP contribution in [0.15, 0.2) is 18.2 Å². The summed E-state index contributed by atoms with van der Waals surface area (Å²) in [6, 6.07) is 5.63. The number of hydrogen-bond donors (Lipinski definition) is 2. The highest BCUT2D eigenvalue weighted by Gasteiger charge is 2.14. The zero-order valence-electron chi connectivity index (χ0n) is 13.5. The van der Waals surface area contributed by atoms with Crippen LogP contribution in [0, 0.1) is 0 Å². The van der Waals surface area contributed by atoms with Crippen LogP contribution in [0.25, 0.3) is 0 Å². The van der Waals surface area contributed by atoms with E-state index in [1.165, 1.54) is 0 Å². The molecule has 0 fully saturated rings. The van der Waals surface area contributed by atoms with Crippen LogP contribution in [-0.2, 0) is 20.7 Å². The quantitative estimate of drug-likeness (QED) is 0.681. The average molecular weight is 320 g/mol. The zero-order chi connectivity index (χ0) is 16.5. The molecule has 0 bridgehead atoms. The standard InChI is InChI=1S/C17H24N2O4/c1-2-22-10-3-4-16(20)18-9-11-23-14-6-7-15-13(12-14)5-8-17(21)19-15/h6-7,12H,2-5,8-11H2,1H3,(H,18,20)(H,19,21). The fourth-order valence-corrected chi connectivity index (χ4v) is 2.38. The first-order chi connectivity index (χ1) is 11.2. The second-order valence-electron chi connectivity index (χ2n) is 5.37. The molecule has 0 unspecified atom stereocenters. The monoisotopic (exact) mass is 320 g/mol. The molecule has 0 aliphatic carbocycles. The maximum atomic E-state index is 11.6. The number of nitrogens with one attached hydrogen (secondary N) is 2. The predicted octanol–water partition coefficient (Wildman–Crippen LogP) is 1.88. The van der Waals surface area contributed by atoms with Gasteiger partial charge in [-0.05, 0) is 43.5 Å². The van der Waals surface area contributed by atoms with Crippen molar-refractivity contribution in [3.63, 3.8) is 0 Å². The van der Waals surface area contributed by atoms with E-state index in [1.54, 1.807) is 0 Å². The van der Waals surface area contributed by atoms with Crippen LogP contribution >= 0.6 is 0 Å². The predicted molar refractivity (Wildman–Crippen MR) is 87.6 cm³/mol. The molecule has 0 atom stereocenters. The Hall–Kier alpha value is -2.08. The van der Waals surface area contributed by atoms with Gasteiger partial charge in [-0.1, -0.05) is 0 Å². The van der Waals surface area contributed by atoms with Crippen molar-refractivity contribution in [2.75, 3.05) is 31.7 Å². The van der Waals surface area contributed by atoms with Gasteiger partial charge in [0.2, 0.25) is 11.8 Å². The Kier molecular flexibility index (Phi) is 6.87. The van der Waals surface area contributed by atoms with Gasteiger partial charge in [0.1, 0.15) is 12.4 Å². The molecular formula is C17H24N2O4. The van der Waals surface area contributed by atoms with Gasteiger partial charge < -0.3 is 20.1 Å². The van der Waals surface area contributed by atoms with Gasteiger partial charge >= 0.3 is 0 Å². The maximum absolute atomic E-state index is 11.6. The van der Waals surface area contributed by atoms with Crippen molar-refractivity contribution in [3.8, 4) is 5.75 Å². The van der Waals surface area contributed by atoms with E-state index in [0.29, 0.717) is 39.2 Å². The number of ether oxygens (including phenoxy) is 2. The Morgan fingerprint density at radius 1 is 1.30 bits per heavy atom. The van der Waals surface area contributed by atoms with Gasteiger partial charge in [-0.2, -0.15) is 0 Å². The van der Waals surface area contributed by atoms with Gasteiger partial charge in [0.05, 0.1) is 6.54 Å². The molecule has 6 heteroatoms. The zero-order valence-corrected chi connectivity index (χ0v) is 13.5. The summed E-state index contributed by atoms with van der Waals surface area (Å²) in [6.07, 6.45) is 2.44. The summed E-state index contributed by atoms with van der Waals surface area (Å²) in [4.78, 5) is 22.9. The molecule has 1 aromatic carbocycles. The summed E-state index contributed by atoms with van der Waals surface area (Å²) >= 11 is 0. The number of carbonyl (C=O) groups is 2. The van der Waals surface area contributed by atoms with Gasteiger partial charge in [0, 0.05) is 31.7 Å². The SMILES string of the molecule is CCOCCCC(=O)NCCOc1ccc2c(c1)CCC(=O)N2. The smallest absolute Gasteiger partial charge is 0.224 e. The number of hydrogen-bond acceptors (Lipinski definition) is 4. The number of rotatable bonds is 9. The largest absolute Gasteiger partial charge is 0.492 e. The molecule has 1 aliphatic rings. The third-order valence-corrected chi connectivity index (χ3v) is 3.56. The summed E-state index contributed by atoms with van der Waals surface area (Å²) in [5, 5.41) is 5.66. The Morgan fingerprint density at radius 3 is 3.00 bits per heavy atom. The Balaban J connectivity index is 1.65. The average Bonchev–Trinajstić information content (AvgIpc) is 2.55. The first-order valence-corrected chi connectivity index (χ1v) is 8.09. The van der Waals surface area contributed by atoms with Crippen LogP contribution in [0.2, 0.25) is 0 Å². The molecule has 0 radical (unpaired) electrons. The molecule has 126 valence electrons. The van der Waals surface area contributed by atoms with E-state index in [1.807, 2.05) is 25.1 Å². The summed E-state index contributed by atoms with van der Waals surface area (Å²) in [6.45, 7) is 4.13. The highest BCUT2D eigenvalue weighted by atomic mass is 16.5. The molecule has 1 heterocycles. The van der Waals surface area contributed by atoms with Gasteiger partial charge in [-0.15, -0.1) is 0 Å². The lowest BCUT2D eigenvalue weighted by atomic mass is 10.0. The minimum atomic E-state index is 0.0152. The Morgan fingerprint density at radius 2 is 2.17 bits per heavy atom. The summed E-state index contributed by atoms with van der Waals surface area (Å²) < 4.78 is 10.8. The molecular weight excluding hydrogens is 296 g/mol. The topological polar surface area (TPSA) is 76.7 Å². The highest BCUT2D eigenvalue weighted by Crippen LogP contribution is 2.26. The number of amides is 2. The minimum Gasteiger partial charge on any atom is -0.492 e. The van der Waals surface area contributed by atoms with E-state index in [9.17, 15) is 9.59 Å². The lowest BCUT2D eigenvalue weighted by molar-refractivity contribution is -0.121. The van der Waals surface area contributed by atoms with Crippen molar-refractivity contribution in [3.05, 3.63) is 23.8 Å². The van der Waals surface area contributed by atoms with Gasteiger partial charge in [-0.25, -0.2) is 0 Å². The lowest BCUT2D eigenvalue weighted by Crippen LogP contribution is -2.28. The van der Waals surface area contributed by atoms with Crippen LogP contribution in [0.3, 0.4) is 0 Å². The maximum Gasteiger partial charge on any atom is 0.224 e. The van der Waals surface area contributed by atoms with E-state index in [4.69, 9.17) is 9.47 Å². The molecule has 6 nitrogen and oxygen atoms in total. The molecule has 2 amide bonds.